The third-order valence-electron chi connectivity index (χ3n) is 4.70. The van der Waals surface area contributed by atoms with Crippen LogP contribution in [0.5, 0.6) is 0 Å². The highest BCUT2D eigenvalue weighted by Gasteiger charge is 2.07. The van der Waals surface area contributed by atoms with E-state index in [9.17, 15) is 0 Å². The summed E-state index contributed by atoms with van der Waals surface area (Å²) in [5, 5.41) is 8.06. The van der Waals surface area contributed by atoms with E-state index in [-0.39, 0.29) is 0 Å². The first-order chi connectivity index (χ1) is 13.8. The standard InChI is InChI=1S/C23H25N5/c1-2-13-25-23-27-21(17-8-4-3-5-9-17)15-22(28-23)24-14-12-18-16-26-20-11-7-6-10-19(18)20/h3-11,15-16,26H,2,12-14H2,1H3,(H2,24,25,27,28). The van der Waals surface area contributed by atoms with E-state index in [0.717, 1.165) is 43.0 Å². The molecule has 3 N–H and O–H groups in total. The van der Waals surface area contributed by atoms with Crippen molar-refractivity contribution < 1.29 is 0 Å². The Hall–Kier alpha value is -3.34. The summed E-state index contributed by atoms with van der Waals surface area (Å²) in [4.78, 5) is 12.6. The molecule has 0 bridgehead atoms. The van der Waals surface area contributed by atoms with Gasteiger partial charge in [-0.15, -0.1) is 0 Å². The van der Waals surface area contributed by atoms with Crippen LogP contribution < -0.4 is 10.6 Å². The number of rotatable bonds is 8. The van der Waals surface area contributed by atoms with Crippen molar-refractivity contribution in [3.63, 3.8) is 0 Å². The SMILES string of the molecule is CCCNc1nc(NCCc2c[nH]c3ccccc23)cc(-c2ccccc2)n1. The molecule has 0 aliphatic rings. The quantitative estimate of drug-likeness (QED) is 0.403. The second-order valence-corrected chi connectivity index (χ2v) is 6.79. The highest BCUT2D eigenvalue weighted by atomic mass is 15.1. The molecular formula is C23H25N5. The van der Waals surface area contributed by atoms with Crippen molar-refractivity contribution in [1.82, 2.24) is 15.0 Å². The molecule has 5 nitrogen and oxygen atoms in total. The van der Waals surface area contributed by atoms with Crippen LogP contribution in [-0.4, -0.2) is 28.0 Å². The number of aromatic amines is 1. The summed E-state index contributed by atoms with van der Waals surface area (Å²) in [6.07, 6.45) is 4.05. The van der Waals surface area contributed by atoms with Gasteiger partial charge in [0.2, 0.25) is 5.95 Å². The molecule has 5 heteroatoms. The van der Waals surface area contributed by atoms with E-state index in [2.05, 4.69) is 75.1 Å². The molecule has 0 aliphatic carbocycles. The number of hydrogen-bond acceptors (Lipinski definition) is 4. The molecule has 0 unspecified atom stereocenters. The number of benzene rings is 2. The molecule has 28 heavy (non-hydrogen) atoms. The van der Waals surface area contributed by atoms with E-state index in [1.807, 2.05) is 24.3 Å². The molecule has 0 amide bonds. The van der Waals surface area contributed by atoms with Crippen molar-refractivity contribution in [2.75, 3.05) is 23.7 Å². The zero-order chi connectivity index (χ0) is 19.2. The van der Waals surface area contributed by atoms with Crippen LogP contribution in [-0.2, 0) is 6.42 Å². The Bertz CT molecular complexity index is 1040. The van der Waals surface area contributed by atoms with Gasteiger partial charge in [0.05, 0.1) is 5.69 Å². The topological polar surface area (TPSA) is 65.6 Å². The van der Waals surface area contributed by atoms with Gasteiger partial charge in [-0.05, 0) is 24.5 Å². The molecule has 4 rings (SSSR count). The van der Waals surface area contributed by atoms with Crippen LogP contribution in [0.3, 0.4) is 0 Å². The summed E-state index contributed by atoms with van der Waals surface area (Å²) >= 11 is 0. The van der Waals surface area contributed by atoms with Gasteiger partial charge in [0.25, 0.3) is 0 Å². The molecule has 4 aromatic rings. The fourth-order valence-corrected chi connectivity index (χ4v) is 3.27. The molecule has 0 atom stereocenters. The predicted molar refractivity (Wildman–Crippen MR) is 117 cm³/mol. The molecular weight excluding hydrogens is 346 g/mol. The molecule has 0 saturated heterocycles. The number of aromatic nitrogens is 3. The lowest BCUT2D eigenvalue weighted by molar-refractivity contribution is 0.948. The van der Waals surface area contributed by atoms with Crippen molar-refractivity contribution >= 4 is 22.7 Å². The molecule has 2 aromatic carbocycles. The highest BCUT2D eigenvalue weighted by Crippen LogP contribution is 2.22. The normalized spacial score (nSPS) is 10.9. The average Bonchev–Trinajstić information content (AvgIpc) is 3.16. The molecule has 2 heterocycles. The number of H-pyrrole nitrogens is 1. The summed E-state index contributed by atoms with van der Waals surface area (Å²) in [5.41, 5.74) is 4.50. The molecule has 2 aromatic heterocycles. The smallest absolute Gasteiger partial charge is 0.225 e. The van der Waals surface area contributed by atoms with Crippen LogP contribution in [0.15, 0.2) is 66.9 Å². The Balaban J connectivity index is 1.51. The largest absolute Gasteiger partial charge is 0.370 e. The van der Waals surface area contributed by atoms with Crippen LogP contribution in [0.4, 0.5) is 11.8 Å². The van der Waals surface area contributed by atoms with Gasteiger partial charge in [-0.25, -0.2) is 4.98 Å². The van der Waals surface area contributed by atoms with Gasteiger partial charge in [-0.1, -0.05) is 55.5 Å². The maximum Gasteiger partial charge on any atom is 0.225 e. The Morgan fingerprint density at radius 3 is 2.57 bits per heavy atom. The first kappa shape index (κ1) is 18.0. The summed E-state index contributed by atoms with van der Waals surface area (Å²) < 4.78 is 0. The maximum atomic E-state index is 4.67. The Kier molecular flexibility index (Phi) is 5.52. The lowest BCUT2D eigenvalue weighted by Gasteiger charge is -2.11. The van der Waals surface area contributed by atoms with Gasteiger partial charge < -0.3 is 15.6 Å². The lowest BCUT2D eigenvalue weighted by Crippen LogP contribution is -2.10. The molecule has 0 fully saturated rings. The summed E-state index contributed by atoms with van der Waals surface area (Å²) in [6.45, 7) is 3.79. The van der Waals surface area contributed by atoms with E-state index in [1.54, 1.807) is 0 Å². The van der Waals surface area contributed by atoms with Crippen LogP contribution in [0.1, 0.15) is 18.9 Å². The molecule has 0 spiro atoms. The molecule has 0 aliphatic heterocycles. The zero-order valence-electron chi connectivity index (χ0n) is 16.1. The number of anilines is 2. The van der Waals surface area contributed by atoms with Crippen molar-refractivity contribution in [3.05, 3.63) is 72.4 Å². The maximum absolute atomic E-state index is 4.67. The highest BCUT2D eigenvalue weighted by molar-refractivity contribution is 5.83. The molecule has 0 saturated carbocycles. The fourth-order valence-electron chi connectivity index (χ4n) is 3.27. The molecule has 142 valence electrons. The second kappa shape index (κ2) is 8.57. The number of nitrogens with one attached hydrogen (secondary N) is 3. The number of hydrogen-bond donors (Lipinski definition) is 3. The average molecular weight is 371 g/mol. The minimum atomic E-state index is 0.665. The van der Waals surface area contributed by atoms with Crippen LogP contribution in [0.25, 0.3) is 22.2 Å². The van der Waals surface area contributed by atoms with Crippen molar-refractivity contribution in [2.24, 2.45) is 0 Å². The van der Waals surface area contributed by atoms with E-state index in [0.29, 0.717) is 5.95 Å². The van der Waals surface area contributed by atoms with Crippen LogP contribution >= 0.6 is 0 Å². The van der Waals surface area contributed by atoms with Crippen molar-refractivity contribution in [2.45, 2.75) is 19.8 Å². The monoisotopic (exact) mass is 371 g/mol. The van der Waals surface area contributed by atoms with Crippen LogP contribution in [0, 0.1) is 0 Å². The van der Waals surface area contributed by atoms with Gasteiger partial charge in [0, 0.05) is 41.8 Å². The predicted octanol–water partition coefficient (Wildman–Crippen LogP) is 5.10. The lowest BCUT2D eigenvalue weighted by atomic mass is 10.1. The number of nitrogens with zero attached hydrogens (tertiary/aromatic N) is 2. The van der Waals surface area contributed by atoms with Gasteiger partial charge in [0.15, 0.2) is 0 Å². The van der Waals surface area contributed by atoms with Gasteiger partial charge >= 0.3 is 0 Å². The van der Waals surface area contributed by atoms with E-state index >= 15 is 0 Å². The first-order valence-electron chi connectivity index (χ1n) is 9.80. The fraction of sp³-hybridized carbons (Fsp3) is 0.217. The third kappa shape index (κ3) is 4.14. The zero-order valence-corrected chi connectivity index (χ0v) is 16.1. The number of fused-ring (bicyclic) bond motifs is 1. The van der Waals surface area contributed by atoms with Gasteiger partial charge in [0.1, 0.15) is 5.82 Å². The van der Waals surface area contributed by atoms with Crippen molar-refractivity contribution in [1.29, 1.82) is 0 Å². The summed E-state index contributed by atoms with van der Waals surface area (Å²) in [7, 11) is 0. The minimum Gasteiger partial charge on any atom is -0.370 e. The second-order valence-electron chi connectivity index (χ2n) is 6.79. The minimum absolute atomic E-state index is 0.665. The summed E-state index contributed by atoms with van der Waals surface area (Å²) in [6, 6.07) is 20.6. The van der Waals surface area contributed by atoms with Crippen molar-refractivity contribution in [3.8, 4) is 11.3 Å². The summed E-state index contributed by atoms with van der Waals surface area (Å²) in [5.74, 6) is 1.50. The Morgan fingerprint density at radius 1 is 0.893 bits per heavy atom. The third-order valence-corrected chi connectivity index (χ3v) is 4.70. The van der Waals surface area contributed by atoms with Gasteiger partial charge in [-0.3, -0.25) is 0 Å². The Morgan fingerprint density at radius 2 is 1.71 bits per heavy atom. The number of para-hydroxylation sites is 1. The first-order valence-corrected chi connectivity index (χ1v) is 9.80. The van der Waals surface area contributed by atoms with E-state index in [1.165, 1.54) is 16.5 Å². The molecule has 0 radical (unpaired) electrons. The van der Waals surface area contributed by atoms with E-state index in [4.69, 9.17) is 0 Å². The Labute approximate surface area is 165 Å². The van der Waals surface area contributed by atoms with Crippen LogP contribution in [0.2, 0.25) is 0 Å². The van der Waals surface area contributed by atoms with Gasteiger partial charge in [-0.2, -0.15) is 4.98 Å². The van der Waals surface area contributed by atoms with E-state index < -0.39 is 0 Å².